The number of fused-ring (bicyclic) bond motifs is 2. The smallest absolute Gasteiger partial charge is 0.257 e. The second kappa shape index (κ2) is 6.59. The number of carbonyl (C=O) groups excluding carboxylic acids is 1. The van der Waals surface area contributed by atoms with Crippen LogP contribution in [-0.4, -0.2) is 30.1 Å². The second-order valence-electron chi connectivity index (χ2n) is 6.28. The minimum atomic E-state index is -0.187. The van der Waals surface area contributed by atoms with Gasteiger partial charge in [-0.15, -0.1) is 0 Å². The molecule has 0 aliphatic carbocycles. The van der Waals surface area contributed by atoms with Crippen molar-refractivity contribution in [2.75, 3.05) is 19.5 Å². The molecule has 0 fully saturated rings. The lowest BCUT2D eigenvalue weighted by atomic mass is 10.1. The summed E-state index contributed by atoms with van der Waals surface area (Å²) >= 11 is 1.40. The van der Waals surface area contributed by atoms with Crippen molar-refractivity contribution >= 4 is 43.5 Å². The molecule has 2 heterocycles. The van der Waals surface area contributed by atoms with E-state index in [0.717, 1.165) is 32.4 Å². The number of aromatic nitrogens is 2. The first-order valence-electron chi connectivity index (χ1n) is 8.43. The van der Waals surface area contributed by atoms with Gasteiger partial charge >= 0.3 is 0 Å². The molecule has 0 bridgehead atoms. The van der Waals surface area contributed by atoms with Crippen molar-refractivity contribution in [3.8, 4) is 11.5 Å². The Labute approximate surface area is 160 Å². The molecule has 1 amide bonds. The predicted octanol–water partition coefficient (Wildman–Crippen LogP) is 4.66. The summed E-state index contributed by atoms with van der Waals surface area (Å²) in [6, 6.07) is 9.31. The maximum Gasteiger partial charge on any atom is 0.257 e. The van der Waals surface area contributed by atoms with Gasteiger partial charge in [-0.25, -0.2) is 4.98 Å². The van der Waals surface area contributed by atoms with Gasteiger partial charge in [-0.2, -0.15) is 0 Å². The van der Waals surface area contributed by atoms with Crippen molar-refractivity contribution in [2.24, 2.45) is 0 Å². The second-order valence-corrected chi connectivity index (χ2v) is 7.31. The van der Waals surface area contributed by atoms with E-state index in [4.69, 9.17) is 9.47 Å². The molecule has 0 atom stereocenters. The molecule has 138 valence electrons. The van der Waals surface area contributed by atoms with Crippen molar-refractivity contribution < 1.29 is 14.3 Å². The fraction of sp³-hybridized carbons (Fsp3) is 0.200. The molecule has 4 aromatic rings. The molecule has 6 nitrogen and oxygen atoms in total. The third-order valence-corrected chi connectivity index (χ3v) is 5.62. The molecule has 0 aliphatic heterocycles. The number of aromatic amines is 1. The third kappa shape index (κ3) is 3.00. The summed E-state index contributed by atoms with van der Waals surface area (Å²) in [7, 11) is 3.17. The highest BCUT2D eigenvalue weighted by atomic mass is 32.1. The average molecular weight is 381 g/mol. The maximum absolute atomic E-state index is 12.7. The zero-order valence-corrected chi connectivity index (χ0v) is 16.3. The van der Waals surface area contributed by atoms with Gasteiger partial charge in [0.25, 0.3) is 5.91 Å². The van der Waals surface area contributed by atoms with Crippen LogP contribution in [0.2, 0.25) is 0 Å². The Bertz CT molecular complexity index is 1140. The van der Waals surface area contributed by atoms with Crippen molar-refractivity contribution in [3.05, 3.63) is 47.2 Å². The summed E-state index contributed by atoms with van der Waals surface area (Å²) < 4.78 is 11.5. The number of anilines is 1. The van der Waals surface area contributed by atoms with Crippen LogP contribution in [0.4, 0.5) is 5.13 Å². The van der Waals surface area contributed by atoms with E-state index in [0.29, 0.717) is 22.2 Å². The van der Waals surface area contributed by atoms with Gasteiger partial charge in [0.05, 0.1) is 24.4 Å². The van der Waals surface area contributed by atoms with Crippen LogP contribution < -0.4 is 14.8 Å². The molecule has 4 rings (SSSR count). The first kappa shape index (κ1) is 17.4. The van der Waals surface area contributed by atoms with Crippen LogP contribution in [0.5, 0.6) is 11.5 Å². The Kier molecular flexibility index (Phi) is 4.24. The normalized spacial score (nSPS) is 11.1. The number of rotatable bonds is 4. The molecule has 0 radical (unpaired) electrons. The number of hydrogen-bond donors (Lipinski definition) is 2. The van der Waals surface area contributed by atoms with E-state index in [9.17, 15) is 4.79 Å². The number of methoxy groups -OCH3 is 2. The topological polar surface area (TPSA) is 76.2 Å². The Morgan fingerprint density at radius 1 is 1.11 bits per heavy atom. The fourth-order valence-electron chi connectivity index (χ4n) is 3.08. The number of benzene rings is 2. The number of H-pyrrole nitrogens is 1. The SMILES string of the molecule is COc1cc2nc(NC(=O)c3ccc4[nH]c(C)c(C)c4c3)sc2cc1OC. The number of ether oxygens (including phenoxy) is 2. The van der Waals surface area contributed by atoms with Gasteiger partial charge in [-0.1, -0.05) is 11.3 Å². The van der Waals surface area contributed by atoms with Gasteiger partial charge in [-0.3, -0.25) is 10.1 Å². The summed E-state index contributed by atoms with van der Waals surface area (Å²) in [5.41, 5.74) is 4.63. The molecule has 2 aromatic carbocycles. The van der Waals surface area contributed by atoms with Crippen LogP contribution in [-0.2, 0) is 0 Å². The van der Waals surface area contributed by atoms with E-state index >= 15 is 0 Å². The molecule has 7 heteroatoms. The lowest BCUT2D eigenvalue weighted by Gasteiger charge is -2.05. The molecule has 0 aliphatic rings. The van der Waals surface area contributed by atoms with Gasteiger partial charge in [-0.05, 0) is 37.6 Å². The van der Waals surface area contributed by atoms with E-state index in [2.05, 4.69) is 15.3 Å². The van der Waals surface area contributed by atoms with Crippen LogP contribution in [0.3, 0.4) is 0 Å². The number of carbonyl (C=O) groups is 1. The standard InChI is InChI=1S/C20H19N3O3S/c1-10-11(2)21-14-6-5-12(7-13(10)14)19(24)23-20-22-15-8-16(25-3)17(26-4)9-18(15)27-20/h5-9,21H,1-4H3,(H,22,23,24). The number of aryl methyl sites for hydroxylation is 2. The largest absolute Gasteiger partial charge is 0.493 e. The van der Waals surface area contributed by atoms with E-state index in [1.165, 1.54) is 11.3 Å². The van der Waals surface area contributed by atoms with Crippen LogP contribution in [0.15, 0.2) is 30.3 Å². The molecule has 27 heavy (non-hydrogen) atoms. The first-order valence-corrected chi connectivity index (χ1v) is 9.24. The van der Waals surface area contributed by atoms with Crippen LogP contribution >= 0.6 is 11.3 Å². The highest BCUT2D eigenvalue weighted by Gasteiger charge is 2.14. The van der Waals surface area contributed by atoms with Crippen molar-refractivity contribution in [2.45, 2.75) is 13.8 Å². The fourth-order valence-corrected chi connectivity index (χ4v) is 3.95. The molecule has 0 unspecified atom stereocenters. The summed E-state index contributed by atoms with van der Waals surface area (Å²) in [5.74, 6) is 1.06. The summed E-state index contributed by atoms with van der Waals surface area (Å²) in [4.78, 5) is 20.5. The minimum absolute atomic E-state index is 0.187. The summed E-state index contributed by atoms with van der Waals surface area (Å²) in [6.07, 6.45) is 0. The Hall–Kier alpha value is -3.06. The quantitative estimate of drug-likeness (QED) is 0.539. The molecular weight excluding hydrogens is 362 g/mol. The van der Waals surface area contributed by atoms with Gasteiger partial charge < -0.3 is 14.5 Å². The molecular formula is C20H19N3O3S. The Balaban J connectivity index is 1.65. The Morgan fingerprint density at radius 2 is 1.85 bits per heavy atom. The highest BCUT2D eigenvalue weighted by molar-refractivity contribution is 7.22. The molecule has 2 aromatic heterocycles. The number of amides is 1. The van der Waals surface area contributed by atoms with E-state index in [1.54, 1.807) is 20.3 Å². The zero-order chi connectivity index (χ0) is 19.1. The van der Waals surface area contributed by atoms with E-state index in [1.807, 2.05) is 38.1 Å². The van der Waals surface area contributed by atoms with Crippen LogP contribution in [0.1, 0.15) is 21.6 Å². The van der Waals surface area contributed by atoms with Gasteiger partial charge in [0.15, 0.2) is 16.6 Å². The van der Waals surface area contributed by atoms with Gasteiger partial charge in [0.1, 0.15) is 0 Å². The van der Waals surface area contributed by atoms with Crippen LogP contribution in [0, 0.1) is 13.8 Å². The van der Waals surface area contributed by atoms with Crippen molar-refractivity contribution in [1.82, 2.24) is 9.97 Å². The average Bonchev–Trinajstić information content (AvgIpc) is 3.19. The third-order valence-electron chi connectivity index (χ3n) is 4.68. The predicted molar refractivity (Wildman–Crippen MR) is 108 cm³/mol. The van der Waals surface area contributed by atoms with E-state index < -0.39 is 0 Å². The number of nitrogens with one attached hydrogen (secondary N) is 2. The zero-order valence-electron chi connectivity index (χ0n) is 15.5. The number of nitrogens with zero attached hydrogens (tertiary/aromatic N) is 1. The molecule has 0 saturated carbocycles. The minimum Gasteiger partial charge on any atom is -0.493 e. The Morgan fingerprint density at radius 3 is 2.59 bits per heavy atom. The molecule has 0 saturated heterocycles. The lowest BCUT2D eigenvalue weighted by Crippen LogP contribution is -2.11. The molecule has 2 N–H and O–H groups in total. The highest BCUT2D eigenvalue weighted by Crippen LogP contribution is 2.36. The van der Waals surface area contributed by atoms with Crippen molar-refractivity contribution in [3.63, 3.8) is 0 Å². The summed E-state index contributed by atoms with van der Waals surface area (Å²) in [6.45, 7) is 4.07. The molecule has 0 spiro atoms. The van der Waals surface area contributed by atoms with E-state index in [-0.39, 0.29) is 5.91 Å². The summed E-state index contributed by atoms with van der Waals surface area (Å²) in [5, 5.41) is 4.48. The number of thiazole rings is 1. The lowest BCUT2D eigenvalue weighted by molar-refractivity contribution is 0.102. The van der Waals surface area contributed by atoms with Gasteiger partial charge in [0, 0.05) is 34.3 Å². The number of hydrogen-bond acceptors (Lipinski definition) is 5. The first-order chi connectivity index (χ1) is 13.0. The van der Waals surface area contributed by atoms with Crippen LogP contribution in [0.25, 0.3) is 21.1 Å². The van der Waals surface area contributed by atoms with Gasteiger partial charge in [0.2, 0.25) is 0 Å². The van der Waals surface area contributed by atoms with Crippen molar-refractivity contribution in [1.29, 1.82) is 0 Å². The monoisotopic (exact) mass is 381 g/mol. The maximum atomic E-state index is 12.7.